The molecule has 0 atom stereocenters. The number of amides is 1. The van der Waals surface area contributed by atoms with Crippen LogP contribution < -0.4 is 10.1 Å². The van der Waals surface area contributed by atoms with Gasteiger partial charge in [0, 0.05) is 13.0 Å². The van der Waals surface area contributed by atoms with Gasteiger partial charge in [-0.25, -0.2) is 0 Å². The summed E-state index contributed by atoms with van der Waals surface area (Å²) in [5.74, 6) is 0.907. The molecule has 0 aliphatic heterocycles. The molecule has 3 aromatic rings. The fraction of sp³-hybridized carbons (Fsp3) is 0.174. The van der Waals surface area contributed by atoms with E-state index >= 15 is 0 Å². The van der Waals surface area contributed by atoms with Gasteiger partial charge in [-0.3, -0.25) is 4.79 Å². The number of benzene rings is 3. The summed E-state index contributed by atoms with van der Waals surface area (Å²) in [5, 5.41) is 2.96. The molecule has 0 heterocycles. The molecule has 0 saturated heterocycles. The van der Waals surface area contributed by atoms with Crippen LogP contribution in [0.4, 0.5) is 0 Å². The van der Waals surface area contributed by atoms with Crippen LogP contribution in [-0.2, 0) is 24.4 Å². The highest BCUT2D eigenvalue weighted by Crippen LogP contribution is 2.15. The Morgan fingerprint density at radius 2 is 1.35 bits per heavy atom. The number of hydrogen-bond donors (Lipinski definition) is 1. The fourth-order valence-corrected chi connectivity index (χ4v) is 2.64. The molecule has 0 aliphatic carbocycles. The van der Waals surface area contributed by atoms with Gasteiger partial charge in [-0.1, -0.05) is 72.8 Å². The summed E-state index contributed by atoms with van der Waals surface area (Å²) in [4.78, 5) is 12.0. The first-order valence-electron chi connectivity index (χ1n) is 8.86. The third kappa shape index (κ3) is 5.78. The molecular weight excluding hydrogens is 322 g/mol. The maximum Gasteiger partial charge on any atom is 0.220 e. The first-order valence-corrected chi connectivity index (χ1v) is 8.86. The summed E-state index contributed by atoms with van der Waals surface area (Å²) >= 11 is 0. The summed E-state index contributed by atoms with van der Waals surface area (Å²) in [6, 6.07) is 28.0. The third-order valence-electron chi connectivity index (χ3n) is 4.14. The minimum atomic E-state index is 0.0678. The highest BCUT2D eigenvalue weighted by molar-refractivity contribution is 5.76. The zero-order valence-electron chi connectivity index (χ0n) is 14.7. The zero-order chi connectivity index (χ0) is 18.0. The fourth-order valence-electron chi connectivity index (χ4n) is 2.64. The number of hydrogen-bond acceptors (Lipinski definition) is 2. The Balaban J connectivity index is 1.40. The van der Waals surface area contributed by atoms with Gasteiger partial charge in [0.15, 0.2) is 0 Å². The van der Waals surface area contributed by atoms with Gasteiger partial charge in [-0.05, 0) is 35.2 Å². The standard InChI is InChI=1S/C23H23NO2/c25-23(24-17-20-7-3-1-4-8-20)16-13-19-11-14-22(15-12-19)26-18-21-9-5-2-6-10-21/h1-12,14-15H,13,16-18H2,(H,24,25). The normalized spacial score (nSPS) is 10.3. The minimum absolute atomic E-state index is 0.0678. The van der Waals surface area contributed by atoms with E-state index in [-0.39, 0.29) is 5.91 Å². The van der Waals surface area contributed by atoms with E-state index in [1.807, 2.05) is 84.9 Å². The Labute approximate surface area is 154 Å². The number of aryl methyl sites for hydroxylation is 1. The predicted molar refractivity (Wildman–Crippen MR) is 104 cm³/mol. The Kier molecular flexibility index (Phi) is 6.43. The van der Waals surface area contributed by atoms with Crippen LogP contribution in [0.15, 0.2) is 84.9 Å². The lowest BCUT2D eigenvalue weighted by atomic mass is 10.1. The smallest absolute Gasteiger partial charge is 0.220 e. The maximum atomic E-state index is 12.0. The van der Waals surface area contributed by atoms with Crippen molar-refractivity contribution in [2.24, 2.45) is 0 Å². The van der Waals surface area contributed by atoms with Crippen molar-refractivity contribution in [3.05, 3.63) is 102 Å². The van der Waals surface area contributed by atoms with Crippen molar-refractivity contribution in [3.8, 4) is 5.75 Å². The van der Waals surface area contributed by atoms with Crippen molar-refractivity contribution in [1.82, 2.24) is 5.32 Å². The number of ether oxygens (including phenoxy) is 1. The van der Waals surface area contributed by atoms with Crippen LogP contribution in [-0.4, -0.2) is 5.91 Å². The van der Waals surface area contributed by atoms with Crippen molar-refractivity contribution >= 4 is 5.91 Å². The largest absolute Gasteiger partial charge is 0.489 e. The number of rotatable bonds is 8. The first kappa shape index (κ1) is 17.7. The molecule has 3 nitrogen and oxygen atoms in total. The van der Waals surface area contributed by atoms with Gasteiger partial charge in [0.05, 0.1) is 0 Å². The molecule has 0 aliphatic rings. The van der Waals surface area contributed by atoms with Gasteiger partial charge in [0.2, 0.25) is 5.91 Å². The molecule has 0 radical (unpaired) electrons. The van der Waals surface area contributed by atoms with Crippen LogP contribution in [0, 0.1) is 0 Å². The van der Waals surface area contributed by atoms with E-state index in [1.165, 1.54) is 0 Å². The van der Waals surface area contributed by atoms with E-state index in [0.717, 1.165) is 28.9 Å². The summed E-state index contributed by atoms with van der Waals surface area (Å²) in [5.41, 5.74) is 3.39. The average Bonchev–Trinajstić information content (AvgIpc) is 2.71. The van der Waals surface area contributed by atoms with Crippen molar-refractivity contribution in [2.45, 2.75) is 26.0 Å². The van der Waals surface area contributed by atoms with E-state index in [4.69, 9.17) is 4.74 Å². The predicted octanol–water partition coefficient (Wildman–Crippen LogP) is 4.51. The van der Waals surface area contributed by atoms with Gasteiger partial charge in [0.1, 0.15) is 12.4 Å². The van der Waals surface area contributed by atoms with E-state index in [2.05, 4.69) is 5.32 Å². The molecule has 3 rings (SSSR count). The Bertz CT molecular complexity index is 799. The lowest BCUT2D eigenvalue weighted by Crippen LogP contribution is -2.22. The van der Waals surface area contributed by atoms with Crippen LogP contribution in [0.5, 0.6) is 5.75 Å². The van der Waals surface area contributed by atoms with Crippen LogP contribution in [0.1, 0.15) is 23.1 Å². The molecule has 3 aromatic carbocycles. The SMILES string of the molecule is O=C(CCc1ccc(OCc2ccccc2)cc1)NCc1ccccc1. The second kappa shape index (κ2) is 9.42. The van der Waals surface area contributed by atoms with Gasteiger partial charge < -0.3 is 10.1 Å². The Morgan fingerprint density at radius 3 is 2.00 bits per heavy atom. The molecule has 0 bridgehead atoms. The number of carbonyl (C=O) groups excluding carboxylic acids is 1. The molecule has 1 N–H and O–H groups in total. The molecule has 0 unspecified atom stereocenters. The van der Waals surface area contributed by atoms with Gasteiger partial charge in [-0.15, -0.1) is 0 Å². The summed E-state index contributed by atoms with van der Waals surface area (Å²) in [7, 11) is 0. The maximum absolute atomic E-state index is 12.0. The van der Waals surface area contributed by atoms with Crippen molar-refractivity contribution < 1.29 is 9.53 Å². The van der Waals surface area contributed by atoms with E-state index < -0.39 is 0 Å². The summed E-state index contributed by atoms with van der Waals surface area (Å²) in [6.07, 6.45) is 1.21. The van der Waals surface area contributed by atoms with Gasteiger partial charge in [-0.2, -0.15) is 0 Å². The molecule has 0 aromatic heterocycles. The molecule has 132 valence electrons. The van der Waals surface area contributed by atoms with Crippen LogP contribution in [0.3, 0.4) is 0 Å². The zero-order valence-corrected chi connectivity index (χ0v) is 14.7. The highest BCUT2D eigenvalue weighted by atomic mass is 16.5. The quantitative estimate of drug-likeness (QED) is 0.652. The molecular formula is C23H23NO2. The third-order valence-corrected chi connectivity index (χ3v) is 4.14. The second-order valence-corrected chi connectivity index (χ2v) is 6.18. The molecule has 1 amide bonds. The van der Waals surface area contributed by atoms with E-state index in [0.29, 0.717) is 19.6 Å². The summed E-state index contributed by atoms with van der Waals surface area (Å²) in [6.45, 7) is 1.13. The summed E-state index contributed by atoms with van der Waals surface area (Å²) < 4.78 is 5.78. The topological polar surface area (TPSA) is 38.3 Å². The van der Waals surface area contributed by atoms with Crippen molar-refractivity contribution in [2.75, 3.05) is 0 Å². The van der Waals surface area contributed by atoms with E-state index in [9.17, 15) is 4.79 Å². The highest BCUT2D eigenvalue weighted by Gasteiger charge is 2.03. The second-order valence-electron chi connectivity index (χ2n) is 6.18. The monoisotopic (exact) mass is 345 g/mol. The van der Waals surface area contributed by atoms with Crippen molar-refractivity contribution in [3.63, 3.8) is 0 Å². The van der Waals surface area contributed by atoms with Crippen LogP contribution >= 0.6 is 0 Å². The van der Waals surface area contributed by atoms with Gasteiger partial charge >= 0.3 is 0 Å². The first-order chi connectivity index (χ1) is 12.8. The number of nitrogens with one attached hydrogen (secondary N) is 1. The Morgan fingerprint density at radius 1 is 0.731 bits per heavy atom. The van der Waals surface area contributed by atoms with Crippen LogP contribution in [0.25, 0.3) is 0 Å². The lowest BCUT2D eigenvalue weighted by molar-refractivity contribution is -0.121. The molecule has 3 heteroatoms. The average molecular weight is 345 g/mol. The molecule has 0 saturated carbocycles. The molecule has 0 fully saturated rings. The minimum Gasteiger partial charge on any atom is -0.489 e. The Hall–Kier alpha value is -3.07. The lowest BCUT2D eigenvalue weighted by Gasteiger charge is -2.08. The number of carbonyl (C=O) groups is 1. The van der Waals surface area contributed by atoms with E-state index in [1.54, 1.807) is 0 Å². The molecule has 0 spiro atoms. The molecule has 26 heavy (non-hydrogen) atoms. The van der Waals surface area contributed by atoms with Gasteiger partial charge in [0.25, 0.3) is 0 Å². The van der Waals surface area contributed by atoms with Crippen LogP contribution in [0.2, 0.25) is 0 Å². The van der Waals surface area contributed by atoms with Crippen molar-refractivity contribution in [1.29, 1.82) is 0 Å².